The maximum Gasteiger partial charge on any atom is 0.188 e. The van der Waals surface area contributed by atoms with E-state index in [4.69, 9.17) is 14.2 Å². The van der Waals surface area contributed by atoms with E-state index in [0.29, 0.717) is 0 Å². The van der Waals surface area contributed by atoms with Gasteiger partial charge in [0.2, 0.25) is 0 Å². The molecule has 2 rings (SSSR count). The Kier molecular flexibility index (Phi) is 5.94. The first-order chi connectivity index (χ1) is 11.3. The van der Waals surface area contributed by atoms with Crippen LogP contribution in [0.5, 0.6) is 11.5 Å². The predicted octanol–water partition coefficient (Wildman–Crippen LogP) is 5.71. The van der Waals surface area contributed by atoms with Crippen LogP contribution in [0.25, 0.3) is 11.1 Å². The van der Waals surface area contributed by atoms with Gasteiger partial charge in [-0.15, -0.1) is 0 Å². The Labute approximate surface area is 153 Å². The number of rotatable bonds is 5. The number of benzene rings is 2. The summed E-state index contributed by atoms with van der Waals surface area (Å²) in [6.07, 6.45) is 0. The summed E-state index contributed by atoms with van der Waals surface area (Å²) in [7, 11) is 3.30. The summed E-state index contributed by atoms with van der Waals surface area (Å²) in [5.41, 5.74) is 4.37. The third-order valence-electron chi connectivity index (χ3n) is 3.83. The Bertz CT molecular complexity index is 718. The molecule has 0 fully saturated rings. The van der Waals surface area contributed by atoms with E-state index in [2.05, 4.69) is 55.8 Å². The van der Waals surface area contributed by atoms with Crippen LogP contribution in [-0.2, 0) is 10.2 Å². The Morgan fingerprint density at radius 1 is 1.00 bits per heavy atom. The van der Waals surface area contributed by atoms with Crippen LogP contribution in [0.4, 0.5) is 0 Å². The summed E-state index contributed by atoms with van der Waals surface area (Å²) in [5.74, 6) is 1.66. The molecule has 4 heteroatoms. The van der Waals surface area contributed by atoms with Crippen molar-refractivity contribution in [2.45, 2.75) is 33.1 Å². The van der Waals surface area contributed by atoms with Crippen molar-refractivity contribution in [3.63, 3.8) is 0 Å². The highest BCUT2D eigenvalue weighted by Gasteiger charge is 2.24. The summed E-state index contributed by atoms with van der Waals surface area (Å²) in [4.78, 5) is 0. The molecular formula is C20H25BrO3. The van der Waals surface area contributed by atoms with Gasteiger partial charge in [-0.3, -0.25) is 0 Å². The quantitative estimate of drug-likeness (QED) is 0.609. The van der Waals surface area contributed by atoms with E-state index in [0.717, 1.165) is 32.7 Å². The fourth-order valence-corrected chi connectivity index (χ4v) is 3.10. The van der Waals surface area contributed by atoms with Crippen LogP contribution in [-0.4, -0.2) is 21.0 Å². The van der Waals surface area contributed by atoms with Gasteiger partial charge in [0, 0.05) is 28.3 Å². The summed E-state index contributed by atoms with van der Waals surface area (Å²) in [6.45, 7) is 8.87. The standard InChI is InChI=1S/C20H25BrO3/c1-13-9-16(15-11-14(23-6)7-8-18(15)21)19(24-12-22-5)17(10-13)20(2,3)4/h7-11H,12H2,1-6H3. The van der Waals surface area contributed by atoms with E-state index in [1.54, 1.807) is 14.2 Å². The van der Waals surface area contributed by atoms with Crippen molar-refractivity contribution in [1.29, 1.82) is 0 Å². The van der Waals surface area contributed by atoms with Gasteiger partial charge in [-0.1, -0.05) is 42.8 Å². The molecule has 0 aliphatic heterocycles. The van der Waals surface area contributed by atoms with E-state index >= 15 is 0 Å². The molecule has 2 aromatic rings. The number of hydrogen-bond acceptors (Lipinski definition) is 3. The lowest BCUT2D eigenvalue weighted by Gasteiger charge is -2.26. The predicted molar refractivity (Wildman–Crippen MR) is 102 cm³/mol. The molecule has 130 valence electrons. The summed E-state index contributed by atoms with van der Waals surface area (Å²) >= 11 is 3.66. The molecule has 0 spiro atoms. The molecule has 0 aliphatic carbocycles. The largest absolute Gasteiger partial charge is 0.497 e. The molecule has 0 saturated carbocycles. The first-order valence-electron chi connectivity index (χ1n) is 7.88. The smallest absolute Gasteiger partial charge is 0.188 e. The van der Waals surface area contributed by atoms with Crippen LogP contribution in [0.15, 0.2) is 34.8 Å². The topological polar surface area (TPSA) is 27.7 Å². The van der Waals surface area contributed by atoms with Crippen molar-refractivity contribution >= 4 is 15.9 Å². The number of aryl methyl sites for hydroxylation is 1. The fraction of sp³-hybridized carbons (Fsp3) is 0.400. The second-order valence-corrected chi connectivity index (χ2v) is 7.69. The average molecular weight is 393 g/mol. The van der Waals surface area contributed by atoms with Gasteiger partial charge in [0.15, 0.2) is 6.79 Å². The lowest BCUT2D eigenvalue weighted by Crippen LogP contribution is -2.15. The Hall–Kier alpha value is -1.52. The SMILES string of the molecule is COCOc1c(-c2cc(OC)ccc2Br)cc(C)cc1C(C)(C)C. The second kappa shape index (κ2) is 7.58. The molecular weight excluding hydrogens is 368 g/mol. The van der Waals surface area contributed by atoms with Gasteiger partial charge in [-0.05, 0) is 42.2 Å². The van der Waals surface area contributed by atoms with Crippen molar-refractivity contribution < 1.29 is 14.2 Å². The fourth-order valence-electron chi connectivity index (χ4n) is 2.64. The Morgan fingerprint density at radius 3 is 2.29 bits per heavy atom. The van der Waals surface area contributed by atoms with E-state index in [9.17, 15) is 0 Å². The highest BCUT2D eigenvalue weighted by molar-refractivity contribution is 9.10. The van der Waals surface area contributed by atoms with Crippen LogP contribution < -0.4 is 9.47 Å². The minimum absolute atomic E-state index is 0.0464. The highest BCUT2D eigenvalue weighted by Crippen LogP contribution is 2.43. The minimum atomic E-state index is -0.0464. The number of hydrogen-bond donors (Lipinski definition) is 0. The lowest BCUT2D eigenvalue weighted by atomic mass is 9.83. The number of halogens is 1. The van der Waals surface area contributed by atoms with E-state index in [1.165, 1.54) is 5.56 Å². The molecule has 0 amide bonds. The molecule has 0 saturated heterocycles. The molecule has 0 heterocycles. The summed E-state index contributed by atoms with van der Waals surface area (Å²) in [5, 5.41) is 0. The highest BCUT2D eigenvalue weighted by atomic mass is 79.9. The third-order valence-corrected chi connectivity index (χ3v) is 4.52. The first kappa shape index (κ1) is 18.8. The molecule has 2 aromatic carbocycles. The van der Waals surface area contributed by atoms with Crippen molar-refractivity contribution in [2.75, 3.05) is 21.0 Å². The second-order valence-electron chi connectivity index (χ2n) is 6.84. The Morgan fingerprint density at radius 2 is 1.71 bits per heavy atom. The van der Waals surface area contributed by atoms with Crippen molar-refractivity contribution in [3.8, 4) is 22.6 Å². The zero-order valence-electron chi connectivity index (χ0n) is 15.2. The van der Waals surface area contributed by atoms with Gasteiger partial charge in [0.05, 0.1) is 7.11 Å². The zero-order valence-corrected chi connectivity index (χ0v) is 16.8. The number of methoxy groups -OCH3 is 2. The summed E-state index contributed by atoms with van der Waals surface area (Å²) in [6, 6.07) is 10.3. The van der Waals surface area contributed by atoms with Gasteiger partial charge in [0.1, 0.15) is 11.5 Å². The average Bonchev–Trinajstić information content (AvgIpc) is 2.52. The van der Waals surface area contributed by atoms with Crippen LogP contribution in [0, 0.1) is 6.92 Å². The van der Waals surface area contributed by atoms with Crippen molar-refractivity contribution in [1.82, 2.24) is 0 Å². The third kappa shape index (κ3) is 4.11. The van der Waals surface area contributed by atoms with E-state index < -0.39 is 0 Å². The molecule has 3 nitrogen and oxygen atoms in total. The molecule has 24 heavy (non-hydrogen) atoms. The molecule has 0 radical (unpaired) electrons. The van der Waals surface area contributed by atoms with Gasteiger partial charge in [-0.2, -0.15) is 0 Å². The van der Waals surface area contributed by atoms with Gasteiger partial charge < -0.3 is 14.2 Å². The monoisotopic (exact) mass is 392 g/mol. The summed E-state index contributed by atoms with van der Waals surface area (Å²) < 4.78 is 17.5. The molecule has 0 N–H and O–H groups in total. The normalized spacial score (nSPS) is 11.5. The molecule has 0 atom stereocenters. The molecule has 0 bridgehead atoms. The zero-order chi connectivity index (χ0) is 17.9. The van der Waals surface area contributed by atoms with Crippen LogP contribution >= 0.6 is 15.9 Å². The van der Waals surface area contributed by atoms with E-state index in [-0.39, 0.29) is 12.2 Å². The Balaban J connectivity index is 2.75. The van der Waals surface area contributed by atoms with Crippen molar-refractivity contribution in [3.05, 3.63) is 45.9 Å². The molecule has 0 aliphatic rings. The lowest BCUT2D eigenvalue weighted by molar-refractivity contribution is 0.0502. The van der Waals surface area contributed by atoms with Crippen LogP contribution in [0.2, 0.25) is 0 Å². The van der Waals surface area contributed by atoms with Gasteiger partial charge in [-0.25, -0.2) is 0 Å². The maximum atomic E-state index is 6.00. The molecule has 0 aromatic heterocycles. The first-order valence-corrected chi connectivity index (χ1v) is 8.68. The van der Waals surface area contributed by atoms with E-state index in [1.807, 2.05) is 18.2 Å². The van der Waals surface area contributed by atoms with Crippen LogP contribution in [0.1, 0.15) is 31.9 Å². The maximum absolute atomic E-state index is 6.00. The van der Waals surface area contributed by atoms with Crippen LogP contribution in [0.3, 0.4) is 0 Å². The number of ether oxygens (including phenoxy) is 3. The molecule has 0 unspecified atom stereocenters. The van der Waals surface area contributed by atoms with Gasteiger partial charge in [0.25, 0.3) is 0 Å². The minimum Gasteiger partial charge on any atom is -0.497 e. The van der Waals surface area contributed by atoms with Gasteiger partial charge >= 0.3 is 0 Å². The van der Waals surface area contributed by atoms with Crippen molar-refractivity contribution in [2.24, 2.45) is 0 Å².